The lowest BCUT2D eigenvalue weighted by molar-refractivity contribution is -0.116. The van der Waals surface area contributed by atoms with E-state index in [0.29, 0.717) is 6.42 Å². The van der Waals surface area contributed by atoms with Gasteiger partial charge < -0.3 is 5.32 Å². The molecule has 0 radical (unpaired) electrons. The molecule has 1 aromatic carbocycles. The largest absolute Gasteiger partial charge is 0.326 e. The van der Waals surface area contributed by atoms with Crippen LogP contribution in [0.2, 0.25) is 19.6 Å². The molecule has 1 aromatic rings. The second kappa shape index (κ2) is 7.11. The third kappa shape index (κ3) is 7.38. The smallest absolute Gasteiger partial charge is 0.225 e. The first kappa shape index (κ1) is 16.3. The fourth-order valence-electron chi connectivity index (χ4n) is 1.45. The van der Waals surface area contributed by atoms with Crippen LogP contribution in [-0.4, -0.2) is 14.0 Å². The number of nitrogens with one attached hydrogen (secondary N) is 1. The molecule has 0 spiro atoms. The zero-order valence-electron chi connectivity index (χ0n) is 11.9. The summed E-state index contributed by atoms with van der Waals surface area (Å²) in [6.45, 7) is 8.62. The lowest BCUT2D eigenvalue weighted by atomic mass is 10.1. The van der Waals surface area contributed by atoms with Gasteiger partial charge in [0.05, 0.1) is 0 Å². The van der Waals surface area contributed by atoms with Gasteiger partial charge >= 0.3 is 0 Å². The van der Waals surface area contributed by atoms with Crippen molar-refractivity contribution in [2.24, 2.45) is 5.92 Å². The Balaban J connectivity index is 2.53. The molecule has 0 aliphatic heterocycles. The highest BCUT2D eigenvalue weighted by Gasteiger charge is 2.10. The van der Waals surface area contributed by atoms with E-state index in [4.69, 9.17) is 0 Å². The summed E-state index contributed by atoms with van der Waals surface area (Å²) in [7, 11) is -1.35. The number of halogens is 1. The van der Waals surface area contributed by atoms with Crippen LogP contribution in [-0.2, 0) is 4.79 Å². The monoisotopic (exact) mass is 385 g/mol. The van der Waals surface area contributed by atoms with Crippen molar-refractivity contribution in [3.63, 3.8) is 0 Å². The molecule has 0 saturated heterocycles. The van der Waals surface area contributed by atoms with Crippen LogP contribution in [0.3, 0.4) is 0 Å². The summed E-state index contributed by atoms with van der Waals surface area (Å²) in [4.78, 5) is 11.9. The SMILES string of the molecule is CC(C#C[Si](C)(C)C)CC(=O)Nc1cccc(I)c1. The average Bonchev–Trinajstić information content (AvgIpc) is 2.25. The van der Waals surface area contributed by atoms with E-state index in [2.05, 4.69) is 59.0 Å². The predicted molar refractivity (Wildman–Crippen MR) is 92.7 cm³/mol. The van der Waals surface area contributed by atoms with Crippen LogP contribution < -0.4 is 5.32 Å². The van der Waals surface area contributed by atoms with Crippen molar-refractivity contribution in [2.45, 2.75) is 33.0 Å². The normalized spacial score (nSPS) is 12.3. The third-order valence-corrected chi connectivity index (χ3v) is 3.86. The third-order valence-electron chi connectivity index (χ3n) is 2.29. The quantitative estimate of drug-likeness (QED) is 0.473. The highest BCUT2D eigenvalue weighted by atomic mass is 127. The molecular formula is C15H20INOSi. The Kier molecular flexibility index (Phi) is 6.08. The summed E-state index contributed by atoms with van der Waals surface area (Å²) >= 11 is 2.23. The van der Waals surface area contributed by atoms with Crippen molar-refractivity contribution in [3.8, 4) is 11.5 Å². The van der Waals surface area contributed by atoms with Crippen molar-refractivity contribution in [1.82, 2.24) is 0 Å². The fourth-order valence-corrected chi connectivity index (χ4v) is 2.67. The minimum Gasteiger partial charge on any atom is -0.326 e. The highest BCUT2D eigenvalue weighted by Crippen LogP contribution is 2.13. The summed E-state index contributed by atoms with van der Waals surface area (Å²) in [6, 6.07) is 7.79. The first-order valence-corrected chi connectivity index (χ1v) is 10.9. The number of carbonyl (C=O) groups is 1. The number of carbonyl (C=O) groups excluding carboxylic acids is 1. The van der Waals surface area contributed by atoms with Gasteiger partial charge in [0, 0.05) is 21.6 Å². The Morgan fingerprint density at radius 2 is 2.11 bits per heavy atom. The minimum absolute atomic E-state index is 0.0272. The molecule has 1 atom stereocenters. The van der Waals surface area contributed by atoms with E-state index in [1.807, 2.05) is 31.2 Å². The van der Waals surface area contributed by atoms with E-state index in [1.165, 1.54) is 0 Å². The molecule has 4 heteroatoms. The molecule has 102 valence electrons. The summed E-state index contributed by atoms with van der Waals surface area (Å²) in [5.41, 5.74) is 4.16. The molecule has 1 amide bonds. The molecule has 0 aliphatic carbocycles. The van der Waals surface area contributed by atoms with Gasteiger partial charge in [-0.1, -0.05) is 32.6 Å². The van der Waals surface area contributed by atoms with Crippen molar-refractivity contribution in [2.75, 3.05) is 5.32 Å². The van der Waals surface area contributed by atoms with Gasteiger partial charge in [-0.25, -0.2) is 0 Å². The van der Waals surface area contributed by atoms with Crippen molar-refractivity contribution in [3.05, 3.63) is 27.8 Å². The van der Waals surface area contributed by atoms with Crippen LogP contribution in [0.1, 0.15) is 13.3 Å². The summed E-state index contributed by atoms with van der Waals surface area (Å²) in [5, 5.41) is 2.91. The van der Waals surface area contributed by atoms with Gasteiger partial charge in [0.1, 0.15) is 8.07 Å². The zero-order valence-corrected chi connectivity index (χ0v) is 15.0. The topological polar surface area (TPSA) is 29.1 Å². The van der Waals surface area contributed by atoms with E-state index in [1.54, 1.807) is 0 Å². The minimum atomic E-state index is -1.35. The van der Waals surface area contributed by atoms with E-state index < -0.39 is 8.07 Å². The molecule has 0 aromatic heterocycles. The molecule has 1 rings (SSSR count). The maximum atomic E-state index is 11.9. The molecule has 19 heavy (non-hydrogen) atoms. The van der Waals surface area contributed by atoms with E-state index in [-0.39, 0.29) is 11.8 Å². The van der Waals surface area contributed by atoms with Crippen molar-refractivity contribution in [1.29, 1.82) is 0 Å². The molecule has 0 fully saturated rings. The predicted octanol–water partition coefficient (Wildman–Crippen LogP) is 4.14. The first-order chi connectivity index (χ1) is 8.76. The van der Waals surface area contributed by atoms with Gasteiger partial charge in [0.15, 0.2) is 0 Å². The standard InChI is InChI=1S/C15H20INOSi/c1-12(8-9-19(2,3)4)10-15(18)17-14-7-5-6-13(16)11-14/h5-7,11-12H,10H2,1-4H3,(H,17,18). The second-order valence-electron chi connectivity index (χ2n) is 5.68. The zero-order chi connectivity index (χ0) is 14.5. The fraction of sp³-hybridized carbons (Fsp3) is 0.400. The van der Waals surface area contributed by atoms with Gasteiger partial charge in [0.25, 0.3) is 0 Å². The van der Waals surface area contributed by atoms with Crippen LogP contribution in [0.4, 0.5) is 5.69 Å². The molecule has 1 unspecified atom stereocenters. The first-order valence-electron chi connectivity index (χ1n) is 6.34. The van der Waals surface area contributed by atoms with Crippen LogP contribution in [0, 0.1) is 21.0 Å². The van der Waals surface area contributed by atoms with Crippen molar-refractivity contribution >= 4 is 42.3 Å². The molecule has 0 bridgehead atoms. The van der Waals surface area contributed by atoms with Crippen LogP contribution in [0.25, 0.3) is 0 Å². The van der Waals surface area contributed by atoms with E-state index >= 15 is 0 Å². The van der Waals surface area contributed by atoms with Gasteiger partial charge in [0.2, 0.25) is 5.91 Å². The lowest BCUT2D eigenvalue weighted by Crippen LogP contribution is -2.18. The van der Waals surface area contributed by atoms with Gasteiger partial charge in [-0.05, 0) is 40.8 Å². The lowest BCUT2D eigenvalue weighted by Gasteiger charge is -2.08. The number of amides is 1. The van der Waals surface area contributed by atoms with Crippen LogP contribution in [0.5, 0.6) is 0 Å². The Morgan fingerprint density at radius 3 is 2.68 bits per heavy atom. The Morgan fingerprint density at radius 1 is 1.42 bits per heavy atom. The number of anilines is 1. The van der Waals surface area contributed by atoms with Crippen LogP contribution in [0.15, 0.2) is 24.3 Å². The number of benzene rings is 1. The van der Waals surface area contributed by atoms with Gasteiger partial charge in [-0.2, -0.15) is 0 Å². The van der Waals surface area contributed by atoms with Crippen molar-refractivity contribution < 1.29 is 4.79 Å². The van der Waals surface area contributed by atoms with Gasteiger partial charge in [-0.3, -0.25) is 4.79 Å². The second-order valence-corrected chi connectivity index (χ2v) is 11.7. The Hall–Kier alpha value is -0.803. The van der Waals surface area contributed by atoms with E-state index in [0.717, 1.165) is 9.26 Å². The van der Waals surface area contributed by atoms with Crippen LogP contribution >= 0.6 is 22.6 Å². The number of hydrogen-bond acceptors (Lipinski definition) is 1. The molecule has 0 aliphatic rings. The molecule has 0 saturated carbocycles. The summed E-state index contributed by atoms with van der Waals surface area (Å²) in [5.74, 6) is 3.33. The average molecular weight is 385 g/mol. The Labute approximate surface area is 130 Å². The molecule has 0 heterocycles. The highest BCUT2D eigenvalue weighted by molar-refractivity contribution is 14.1. The maximum absolute atomic E-state index is 11.9. The maximum Gasteiger partial charge on any atom is 0.225 e. The molecular weight excluding hydrogens is 365 g/mol. The number of hydrogen-bond donors (Lipinski definition) is 1. The molecule has 1 N–H and O–H groups in total. The summed E-state index contributed by atoms with van der Waals surface area (Å²) in [6.07, 6.45) is 0.447. The van der Waals surface area contributed by atoms with Gasteiger partial charge in [-0.15, -0.1) is 11.5 Å². The molecule has 2 nitrogen and oxygen atoms in total. The number of rotatable bonds is 3. The van der Waals surface area contributed by atoms with E-state index in [9.17, 15) is 4.79 Å². The Bertz CT molecular complexity index is 511. The summed E-state index contributed by atoms with van der Waals surface area (Å²) < 4.78 is 1.11.